The van der Waals surface area contributed by atoms with Crippen molar-refractivity contribution in [3.05, 3.63) is 90.4 Å². The molecule has 1 aliphatic rings. The van der Waals surface area contributed by atoms with Gasteiger partial charge in [0.2, 0.25) is 0 Å². The highest BCUT2D eigenvalue weighted by atomic mass is 16.1. The van der Waals surface area contributed by atoms with E-state index in [1.54, 1.807) is 12.5 Å². The summed E-state index contributed by atoms with van der Waals surface area (Å²) in [5, 5.41) is 4.03. The van der Waals surface area contributed by atoms with Gasteiger partial charge in [-0.1, -0.05) is 36.4 Å². The van der Waals surface area contributed by atoms with E-state index in [0.717, 1.165) is 65.1 Å². The smallest absolute Gasteiger partial charge is 0.255 e. The average molecular weight is 449 g/mol. The molecule has 7 heteroatoms. The molecule has 2 aromatic carbocycles. The molecule has 0 spiro atoms. The van der Waals surface area contributed by atoms with E-state index in [4.69, 9.17) is 4.98 Å². The lowest BCUT2D eigenvalue weighted by atomic mass is 10.1. The van der Waals surface area contributed by atoms with E-state index in [9.17, 15) is 4.79 Å². The number of nitrogens with zero attached hydrogens (tertiary/aromatic N) is 5. The van der Waals surface area contributed by atoms with Gasteiger partial charge in [-0.2, -0.15) is 0 Å². The second-order valence-corrected chi connectivity index (χ2v) is 8.56. The molecule has 1 amide bonds. The Hall–Kier alpha value is -4.26. The lowest BCUT2D eigenvalue weighted by Crippen LogP contribution is -2.28. The van der Waals surface area contributed by atoms with Crippen molar-refractivity contribution in [3.63, 3.8) is 0 Å². The summed E-state index contributed by atoms with van der Waals surface area (Å²) in [5.74, 6) is 1.44. The molecule has 1 aliphatic heterocycles. The Morgan fingerprint density at radius 3 is 2.53 bits per heavy atom. The van der Waals surface area contributed by atoms with Gasteiger partial charge in [0.25, 0.3) is 5.91 Å². The number of rotatable bonds is 5. The molecular weight excluding hydrogens is 424 g/mol. The van der Waals surface area contributed by atoms with E-state index in [1.165, 1.54) is 0 Å². The number of nitrogens with one attached hydrogen (secondary N) is 1. The third-order valence-electron chi connectivity index (χ3n) is 6.32. The van der Waals surface area contributed by atoms with Crippen LogP contribution in [0.2, 0.25) is 0 Å². The number of anilines is 1. The molecule has 0 radical (unpaired) electrons. The molecule has 34 heavy (non-hydrogen) atoms. The van der Waals surface area contributed by atoms with Crippen LogP contribution in [-0.2, 0) is 6.54 Å². The van der Waals surface area contributed by atoms with E-state index in [-0.39, 0.29) is 5.91 Å². The number of pyridine rings is 2. The Labute approximate surface area is 197 Å². The number of carbonyl (C=O) groups is 1. The van der Waals surface area contributed by atoms with Gasteiger partial charge in [-0.15, -0.1) is 0 Å². The van der Waals surface area contributed by atoms with Crippen molar-refractivity contribution in [2.45, 2.75) is 19.4 Å². The number of fused-ring (bicyclic) bond motifs is 2. The molecule has 0 unspecified atom stereocenters. The van der Waals surface area contributed by atoms with Crippen molar-refractivity contribution in [2.24, 2.45) is 0 Å². The lowest BCUT2D eigenvalue weighted by Gasteiger charge is -2.20. The summed E-state index contributed by atoms with van der Waals surface area (Å²) >= 11 is 0. The van der Waals surface area contributed by atoms with Gasteiger partial charge in [-0.25, -0.2) is 15.0 Å². The van der Waals surface area contributed by atoms with Crippen LogP contribution in [0.1, 0.15) is 28.8 Å². The molecule has 3 aromatic heterocycles. The molecule has 5 aromatic rings. The molecular formula is C27H24N6O. The molecule has 0 bridgehead atoms. The van der Waals surface area contributed by atoms with Gasteiger partial charge < -0.3 is 10.2 Å². The van der Waals surface area contributed by atoms with Crippen molar-refractivity contribution >= 4 is 33.7 Å². The van der Waals surface area contributed by atoms with E-state index in [1.807, 2.05) is 71.3 Å². The minimum Gasteiger partial charge on any atom is -0.356 e. The van der Waals surface area contributed by atoms with Crippen LogP contribution in [0.25, 0.3) is 27.8 Å². The lowest BCUT2D eigenvalue weighted by molar-refractivity contribution is 0.0951. The largest absolute Gasteiger partial charge is 0.356 e. The number of hydrogen-bond donors (Lipinski definition) is 1. The van der Waals surface area contributed by atoms with E-state index in [2.05, 4.69) is 20.2 Å². The topological polar surface area (TPSA) is 75.9 Å². The summed E-state index contributed by atoms with van der Waals surface area (Å²) in [6.45, 7) is 2.25. The standard InChI is InChI=1S/C27H24N6O/c34-27(21-15-20-7-1-2-8-22(20)31-26(21)32-13-5-6-14-32)29-17-19-11-12-25(28-16-19)33-18-30-23-9-3-4-10-24(23)33/h1-4,7-12,15-16,18H,5-6,13-14,17H2,(H,29,34). The van der Waals surface area contributed by atoms with Crippen LogP contribution in [0.15, 0.2) is 79.3 Å². The molecule has 0 aliphatic carbocycles. The summed E-state index contributed by atoms with van der Waals surface area (Å²) in [6.07, 6.45) is 5.82. The van der Waals surface area contributed by atoms with Crippen molar-refractivity contribution in [2.75, 3.05) is 18.0 Å². The zero-order valence-corrected chi connectivity index (χ0v) is 18.7. The van der Waals surface area contributed by atoms with Crippen molar-refractivity contribution < 1.29 is 4.79 Å². The third kappa shape index (κ3) is 3.75. The summed E-state index contributed by atoms with van der Waals surface area (Å²) in [6, 6.07) is 21.8. The maximum atomic E-state index is 13.2. The molecule has 0 atom stereocenters. The van der Waals surface area contributed by atoms with Gasteiger partial charge in [0.1, 0.15) is 18.0 Å². The molecule has 7 nitrogen and oxygen atoms in total. The van der Waals surface area contributed by atoms with Gasteiger partial charge in [0.15, 0.2) is 0 Å². The van der Waals surface area contributed by atoms with Crippen molar-refractivity contribution in [1.29, 1.82) is 0 Å². The number of para-hydroxylation sites is 3. The first-order valence-corrected chi connectivity index (χ1v) is 11.6. The quantitative estimate of drug-likeness (QED) is 0.429. The van der Waals surface area contributed by atoms with Gasteiger partial charge in [0, 0.05) is 31.2 Å². The predicted octanol–water partition coefficient (Wildman–Crippen LogP) is 4.50. The first-order valence-electron chi connectivity index (χ1n) is 11.6. The number of carbonyl (C=O) groups excluding carboxylic acids is 1. The number of benzene rings is 2. The average Bonchev–Trinajstić information content (AvgIpc) is 3.57. The number of aromatic nitrogens is 4. The fourth-order valence-electron chi connectivity index (χ4n) is 4.53. The Kier molecular flexibility index (Phi) is 5.14. The van der Waals surface area contributed by atoms with E-state index in [0.29, 0.717) is 12.1 Å². The Morgan fingerprint density at radius 2 is 1.71 bits per heavy atom. The molecule has 0 saturated carbocycles. The second kappa shape index (κ2) is 8.59. The highest BCUT2D eigenvalue weighted by Crippen LogP contribution is 2.26. The van der Waals surface area contributed by atoms with E-state index < -0.39 is 0 Å². The van der Waals surface area contributed by atoms with Gasteiger partial charge in [-0.05, 0) is 48.7 Å². The fraction of sp³-hybridized carbons (Fsp3) is 0.185. The summed E-state index contributed by atoms with van der Waals surface area (Å²) in [7, 11) is 0. The second-order valence-electron chi connectivity index (χ2n) is 8.56. The van der Waals surface area contributed by atoms with Crippen LogP contribution in [0.4, 0.5) is 5.82 Å². The highest BCUT2D eigenvalue weighted by Gasteiger charge is 2.22. The Morgan fingerprint density at radius 1 is 0.912 bits per heavy atom. The summed E-state index contributed by atoms with van der Waals surface area (Å²) in [4.78, 5) is 29.3. The zero-order chi connectivity index (χ0) is 22.9. The minimum atomic E-state index is -0.121. The minimum absolute atomic E-state index is 0.121. The van der Waals surface area contributed by atoms with Crippen LogP contribution >= 0.6 is 0 Å². The fourth-order valence-corrected chi connectivity index (χ4v) is 4.53. The zero-order valence-electron chi connectivity index (χ0n) is 18.7. The van der Waals surface area contributed by atoms with Crippen LogP contribution in [-0.4, -0.2) is 38.5 Å². The van der Waals surface area contributed by atoms with Crippen LogP contribution in [0, 0.1) is 0 Å². The van der Waals surface area contributed by atoms with Gasteiger partial charge >= 0.3 is 0 Å². The molecule has 6 rings (SSSR count). The number of hydrogen-bond acceptors (Lipinski definition) is 5. The first-order chi connectivity index (χ1) is 16.8. The van der Waals surface area contributed by atoms with Crippen LogP contribution in [0.5, 0.6) is 0 Å². The summed E-state index contributed by atoms with van der Waals surface area (Å²) < 4.78 is 1.96. The Balaban J connectivity index is 1.22. The van der Waals surface area contributed by atoms with Crippen LogP contribution < -0.4 is 10.2 Å². The Bertz CT molecular complexity index is 1480. The molecule has 1 N–H and O–H groups in total. The molecule has 1 saturated heterocycles. The van der Waals surface area contributed by atoms with Crippen molar-refractivity contribution in [3.8, 4) is 5.82 Å². The van der Waals surface area contributed by atoms with Gasteiger partial charge in [-0.3, -0.25) is 9.36 Å². The molecule has 1 fully saturated rings. The number of amides is 1. The van der Waals surface area contributed by atoms with Crippen molar-refractivity contribution in [1.82, 2.24) is 24.8 Å². The predicted molar refractivity (Wildman–Crippen MR) is 133 cm³/mol. The highest BCUT2D eigenvalue weighted by molar-refractivity contribution is 6.02. The SMILES string of the molecule is O=C(NCc1ccc(-n2cnc3ccccc32)nc1)c1cc2ccccc2nc1N1CCCC1. The number of imidazole rings is 1. The van der Waals surface area contributed by atoms with Gasteiger partial charge in [0.05, 0.1) is 22.1 Å². The van der Waals surface area contributed by atoms with E-state index >= 15 is 0 Å². The molecule has 168 valence electrons. The normalized spacial score (nSPS) is 13.6. The third-order valence-corrected chi connectivity index (χ3v) is 6.32. The maximum Gasteiger partial charge on any atom is 0.255 e. The first kappa shape index (κ1) is 20.4. The molecule has 4 heterocycles. The van der Waals surface area contributed by atoms with Crippen LogP contribution in [0.3, 0.4) is 0 Å². The summed E-state index contributed by atoms with van der Waals surface area (Å²) in [5.41, 5.74) is 4.40. The monoisotopic (exact) mass is 448 g/mol. The maximum absolute atomic E-state index is 13.2.